The smallest absolute Gasteiger partial charge is 0.255 e. The molecule has 3 heterocycles. The monoisotopic (exact) mass is 452 g/mol. The Kier molecular flexibility index (Phi) is 5.78. The quantitative estimate of drug-likeness (QED) is 0.442. The molecular weight excluding hydrogens is 428 g/mol. The van der Waals surface area contributed by atoms with Gasteiger partial charge in [-0.05, 0) is 55.8 Å². The number of pyridine rings is 1. The lowest BCUT2D eigenvalue weighted by atomic mass is 9.95. The van der Waals surface area contributed by atoms with Gasteiger partial charge < -0.3 is 15.4 Å². The Hall–Kier alpha value is -4.46. The van der Waals surface area contributed by atoms with Crippen molar-refractivity contribution in [1.29, 1.82) is 0 Å². The highest BCUT2D eigenvalue weighted by atomic mass is 16.5. The largest absolute Gasteiger partial charge is 0.494 e. The van der Waals surface area contributed by atoms with E-state index in [0.717, 1.165) is 22.6 Å². The number of benzene rings is 2. The van der Waals surface area contributed by atoms with Crippen molar-refractivity contribution in [1.82, 2.24) is 19.7 Å². The number of carbonyl (C=O) groups is 1. The minimum absolute atomic E-state index is 0.207. The first-order chi connectivity index (χ1) is 16.6. The Morgan fingerprint density at radius 1 is 1.06 bits per heavy atom. The summed E-state index contributed by atoms with van der Waals surface area (Å²) in [5.74, 6) is 1.69. The van der Waals surface area contributed by atoms with Gasteiger partial charge in [-0.1, -0.05) is 30.3 Å². The van der Waals surface area contributed by atoms with Crippen LogP contribution in [-0.2, 0) is 4.79 Å². The number of aromatic nitrogens is 4. The summed E-state index contributed by atoms with van der Waals surface area (Å²) in [5.41, 5.74) is 3.74. The predicted molar refractivity (Wildman–Crippen MR) is 130 cm³/mol. The van der Waals surface area contributed by atoms with Crippen molar-refractivity contribution in [2.24, 2.45) is 0 Å². The number of ether oxygens (including phenoxy) is 1. The number of carbonyl (C=O) groups excluding carboxylic acids is 1. The zero-order valence-electron chi connectivity index (χ0n) is 18.9. The summed E-state index contributed by atoms with van der Waals surface area (Å²) in [6, 6.07) is 20.4. The molecule has 0 fully saturated rings. The van der Waals surface area contributed by atoms with Gasteiger partial charge in [0.2, 0.25) is 5.95 Å². The van der Waals surface area contributed by atoms with Gasteiger partial charge in [-0.2, -0.15) is 4.98 Å². The van der Waals surface area contributed by atoms with E-state index in [4.69, 9.17) is 14.8 Å². The van der Waals surface area contributed by atoms with E-state index in [-0.39, 0.29) is 5.91 Å². The molecule has 1 aliphatic heterocycles. The van der Waals surface area contributed by atoms with Crippen molar-refractivity contribution in [3.63, 3.8) is 0 Å². The standard InChI is InChI=1S/C26H24N6O2/c1-3-34-21-11-9-18(10-12-21)23-22(25(33)29-20-7-5-4-6-8-20)17(2)28-26-30-24(31-32(23)26)19-13-15-27-16-14-19/h4-16,23H,3H2,1-2H3,(H,29,33)(H,28,30,31). The van der Waals surface area contributed by atoms with Crippen LogP contribution in [0.5, 0.6) is 5.75 Å². The lowest BCUT2D eigenvalue weighted by molar-refractivity contribution is -0.113. The molecule has 5 rings (SSSR count). The molecule has 1 atom stereocenters. The van der Waals surface area contributed by atoms with Crippen LogP contribution in [0.4, 0.5) is 11.6 Å². The molecule has 1 amide bonds. The van der Waals surface area contributed by atoms with E-state index in [1.54, 1.807) is 17.1 Å². The molecule has 0 spiro atoms. The summed E-state index contributed by atoms with van der Waals surface area (Å²) in [7, 11) is 0. The summed E-state index contributed by atoms with van der Waals surface area (Å²) in [4.78, 5) is 22.3. The van der Waals surface area contributed by atoms with E-state index in [0.29, 0.717) is 29.6 Å². The second-order valence-electron chi connectivity index (χ2n) is 7.83. The van der Waals surface area contributed by atoms with Crippen LogP contribution in [0.2, 0.25) is 0 Å². The van der Waals surface area contributed by atoms with Gasteiger partial charge in [0, 0.05) is 29.3 Å². The van der Waals surface area contributed by atoms with Gasteiger partial charge in [-0.25, -0.2) is 4.68 Å². The van der Waals surface area contributed by atoms with E-state index in [9.17, 15) is 4.79 Å². The van der Waals surface area contributed by atoms with Crippen LogP contribution >= 0.6 is 0 Å². The predicted octanol–water partition coefficient (Wildman–Crippen LogP) is 4.67. The summed E-state index contributed by atoms with van der Waals surface area (Å²) in [6.45, 7) is 4.41. The molecule has 2 aromatic carbocycles. The molecular formula is C26H24N6O2. The van der Waals surface area contributed by atoms with Gasteiger partial charge in [0.15, 0.2) is 5.82 Å². The third kappa shape index (κ3) is 4.13. The van der Waals surface area contributed by atoms with Crippen molar-refractivity contribution in [3.8, 4) is 17.1 Å². The summed E-state index contributed by atoms with van der Waals surface area (Å²) in [5, 5.41) is 11.1. The molecule has 2 aromatic heterocycles. The second kappa shape index (κ2) is 9.19. The third-order valence-corrected chi connectivity index (χ3v) is 5.57. The topological polar surface area (TPSA) is 94.0 Å². The van der Waals surface area contributed by atoms with Crippen LogP contribution in [0.25, 0.3) is 11.4 Å². The van der Waals surface area contributed by atoms with Crippen LogP contribution in [0.3, 0.4) is 0 Å². The maximum atomic E-state index is 13.5. The SMILES string of the molecule is CCOc1ccc(C2C(C(=O)Nc3ccccc3)=C(C)Nc3nc(-c4ccncc4)nn32)cc1. The first-order valence-corrected chi connectivity index (χ1v) is 11.1. The van der Waals surface area contributed by atoms with Gasteiger partial charge in [0.25, 0.3) is 5.91 Å². The molecule has 0 saturated carbocycles. The lowest BCUT2D eigenvalue weighted by Gasteiger charge is -2.28. The molecule has 1 unspecified atom stereocenters. The van der Waals surface area contributed by atoms with Crippen LogP contribution in [0, 0.1) is 0 Å². The van der Waals surface area contributed by atoms with E-state index in [1.165, 1.54) is 0 Å². The molecule has 170 valence electrons. The normalized spacial score (nSPS) is 14.8. The van der Waals surface area contributed by atoms with Crippen LogP contribution < -0.4 is 15.4 Å². The molecule has 0 bridgehead atoms. The van der Waals surface area contributed by atoms with Crippen molar-refractivity contribution >= 4 is 17.5 Å². The van der Waals surface area contributed by atoms with Gasteiger partial charge >= 0.3 is 0 Å². The van der Waals surface area contributed by atoms with Gasteiger partial charge in [-0.15, -0.1) is 5.10 Å². The zero-order valence-corrected chi connectivity index (χ0v) is 18.9. The average molecular weight is 453 g/mol. The minimum atomic E-state index is -0.473. The van der Waals surface area contributed by atoms with Crippen molar-refractivity contribution in [3.05, 3.63) is 96.0 Å². The average Bonchev–Trinajstić information content (AvgIpc) is 3.29. The Balaban J connectivity index is 1.59. The van der Waals surface area contributed by atoms with Gasteiger partial charge in [0.1, 0.15) is 11.8 Å². The molecule has 1 aliphatic rings. The maximum absolute atomic E-state index is 13.5. The highest BCUT2D eigenvalue weighted by molar-refractivity contribution is 6.06. The van der Waals surface area contributed by atoms with Crippen LogP contribution in [-0.4, -0.2) is 32.3 Å². The minimum Gasteiger partial charge on any atom is -0.494 e. The van der Waals surface area contributed by atoms with Crippen molar-refractivity contribution < 1.29 is 9.53 Å². The van der Waals surface area contributed by atoms with Gasteiger partial charge in [0.05, 0.1) is 12.2 Å². The van der Waals surface area contributed by atoms with E-state index in [2.05, 4.69) is 15.6 Å². The molecule has 2 N–H and O–H groups in total. The fourth-order valence-corrected chi connectivity index (χ4v) is 4.01. The Morgan fingerprint density at radius 2 is 1.79 bits per heavy atom. The zero-order chi connectivity index (χ0) is 23.5. The number of allylic oxidation sites excluding steroid dienone is 1. The number of nitrogens with one attached hydrogen (secondary N) is 2. The van der Waals surface area contributed by atoms with E-state index >= 15 is 0 Å². The fraction of sp³-hybridized carbons (Fsp3) is 0.154. The number of nitrogens with zero attached hydrogens (tertiary/aromatic N) is 4. The fourth-order valence-electron chi connectivity index (χ4n) is 4.01. The number of rotatable bonds is 6. The third-order valence-electron chi connectivity index (χ3n) is 5.57. The number of para-hydroxylation sites is 1. The number of hydrogen-bond acceptors (Lipinski definition) is 6. The molecule has 0 radical (unpaired) electrons. The van der Waals surface area contributed by atoms with Crippen molar-refractivity contribution in [2.45, 2.75) is 19.9 Å². The molecule has 4 aromatic rings. The Labute approximate surface area is 197 Å². The highest BCUT2D eigenvalue weighted by Gasteiger charge is 2.34. The molecule has 34 heavy (non-hydrogen) atoms. The van der Waals surface area contributed by atoms with E-state index in [1.807, 2.05) is 80.6 Å². The summed E-state index contributed by atoms with van der Waals surface area (Å²) in [6.07, 6.45) is 3.41. The molecule has 0 saturated heterocycles. The molecule has 8 heteroatoms. The summed E-state index contributed by atoms with van der Waals surface area (Å²) < 4.78 is 7.37. The maximum Gasteiger partial charge on any atom is 0.255 e. The van der Waals surface area contributed by atoms with Crippen molar-refractivity contribution in [2.75, 3.05) is 17.2 Å². The molecule has 0 aliphatic carbocycles. The highest BCUT2D eigenvalue weighted by Crippen LogP contribution is 2.37. The first kappa shape index (κ1) is 21.4. The van der Waals surface area contributed by atoms with Crippen LogP contribution in [0.15, 0.2) is 90.4 Å². The second-order valence-corrected chi connectivity index (χ2v) is 7.83. The number of anilines is 2. The van der Waals surface area contributed by atoms with Crippen LogP contribution in [0.1, 0.15) is 25.5 Å². The Bertz CT molecular complexity index is 1330. The number of hydrogen-bond donors (Lipinski definition) is 2. The summed E-state index contributed by atoms with van der Waals surface area (Å²) >= 11 is 0. The van der Waals surface area contributed by atoms with Gasteiger partial charge in [-0.3, -0.25) is 9.78 Å². The van der Waals surface area contributed by atoms with E-state index < -0.39 is 6.04 Å². The first-order valence-electron chi connectivity index (χ1n) is 11.1. The lowest BCUT2D eigenvalue weighted by Crippen LogP contribution is -2.31. The molecule has 8 nitrogen and oxygen atoms in total. The number of fused-ring (bicyclic) bond motifs is 1. The number of amides is 1. The Morgan fingerprint density at radius 3 is 2.50 bits per heavy atom.